The molecule has 2 nitrogen and oxygen atoms in total. The van der Waals surface area contributed by atoms with E-state index in [0.29, 0.717) is 5.78 Å². The summed E-state index contributed by atoms with van der Waals surface area (Å²) in [6, 6.07) is 0.273. The highest BCUT2D eigenvalue weighted by atomic mass is 16.1. The summed E-state index contributed by atoms with van der Waals surface area (Å²) < 4.78 is 0. The van der Waals surface area contributed by atoms with Gasteiger partial charge in [0.2, 0.25) is 0 Å². The van der Waals surface area contributed by atoms with Crippen molar-refractivity contribution < 1.29 is 4.79 Å². The Kier molecular flexibility index (Phi) is 3.79. The van der Waals surface area contributed by atoms with Gasteiger partial charge in [0.25, 0.3) is 0 Å². The molecule has 2 aliphatic rings. The molecule has 2 fully saturated rings. The Morgan fingerprint density at radius 2 is 2.00 bits per heavy atom. The number of carbonyl (C=O) groups excluding carboxylic acids is 1. The molecule has 1 aliphatic carbocycles. The summed E-state index contributed by atoms with van der Waals surface area (Å²) >= 11 is 0. The predicted molar refractivity (Wildman–Crippen MR) is 61.9 cm³/mol. The van der Waals surface area contributed by atoms with Crippen molar-refractivity contribution in [2.24, 2.45) is 5.92 Å². The molecule has 0 N–H and O–H groups in total. The quantitative estimate of drug-likeness (QED) is 0.619. The molecule has 2 unspecified atom stereocenters. The Balaban J connectivity index is 1.97. The number of nitrogens with zero attached hydrogens (tertiary/aromatic N) is 1. The van der Waals surface area contributed by atoms with Crippen LogP contribution in [0.25, 0.3) is 0 Å². The largest absolute Gasteiger partial charge is 0.298 e. The number of carbonyl (C=O) groups is 1. The highest BCUT2D eigenvalue weighted by Gasteiger charge is 2.29. The molecule has 1 heterocycles. The molecule has 86 valence electrons. The van der Waals surface area contributed by atoms with Crippen molar-refractivity contribution in [2.45, 2.75) is 57.9 Å². The molecule has 2 atom stereocenters. The number of ketones is 1. The van der Waals surface area contributed by atoms with Crippen molar-refractivity contribution >= 4 is 5.78 Å². The van der Waals surface area contributed by atoms with Gasteiger partial charge in [0.1, 0.15) is 5.78 Å². The van der Waals surface area contributed by atoms with Gasteiger partial charge >= 0.3 is 0 Å². The third kappa shape index (κ3) is 2.81. The molecule has 0 spiro atoms. The lowest BCUT2D eigenvalue weighted by molar-refractivity contribution is -0.124. The fourth-order valence-corrected chi connectivity index (χ4v) is 3.04. The van der Waals surface area contributed by atoms with E-state index in [-0.39, 0.29) is 6.04 Å². The van der Waals surface area contributed by atoms with Crippen LogP contribution >= 0.6 is 0 Å². The summed E-state index contributed by atoms with van der Waals surface area (Å²) in [6.07, 6.45) is 8.20. The van der Waals surface area contributed by atoms with Crippen LogP contribution in [0.4, 0.5) is 0 Å². The molecule has 0 aromatic carbocycles. The molecule has 1 saturated carbocycles. The fourth-order valence-electron chi connectivity index (χ4n) is 3.04. The highest BCUT2D eigenvalue weighted by Crippen LogP contribution is 2.24. The third-order valence-electron chi connectivity index (χ3n) is 3.90. The molecule has 0 amide bonds. The van der Waals surface area contributed by atoms with Crippen LogP contribution in [0.15, 0.2) is 0 Å². The van der Waals surface area contributed by atoms with Gasteiger partial charge < -0.3 is 0 Å². The zero-order valence-electron chi connectivity index (χ0n) is 9.87. The van der Waals surface area contributed by atoms with E-state index in [0.717, 1.165) is 38.3 Å². The molecule has 0 bridgehead atoms. The van der Waals surface area contributed by atoms with Crippen molar-refractivity contribution in [3.63, 3.8) is 0 Å². The molecule has 2 rings (SSSR count). The minimum atomic E-state index is 0.273. The van der Waals surface area contributed by atoms with Gasteiger partial charge in [-0.15, -0.1) is 0 Å². The van der Waals surface area contributed by atoms with Crippen LogP contribution < -0.4 is 0 Å². The van der Waals surface area contributed by atoms with Gasteiger partial charge in [-0.3, -0.25) is 9.69 Å². The van der Waals surface area contributed by atoms with Crippen molar-refractivity contribution in [2.75, 3.05) is 13.1 Å². The fraction of sp³-hybridized carbons (Fsp3) is 0.923. The molecule has 0 radical (unpaired) electrons. The molecule has 15 heavy (non-hydrogen) atoms. The van der Waals surface area contributed by atoms with E-state index >= 15 is 0 Å². The lowest BCUT2D eigenvalue weighted by atomic mass is 9.96. The zero-order chi connectivity index (χ0) is 10.7. The molecule has 0 aromatic rings. The number of likely N-dealkylation sites (tertiary alicyclic amines) is 1. The Hall–Kier alpha value is -0.370. The first-order valence-corrected chi connectivity index (χ1v) is 6.54. The lowest BCUT2D eigenvalue weighted by Crippen LogP contribution is -2.45. The molecule has 0 aromatic heterocycles. The normalized spacial score (nSPS) is 35.1. The standard InChI is InChI=1S/C13H23NO/c1-11-6-5-9-14(10-11)12-7-3-2-4-8-13(12)15/h11-12H,2-10H2,1H3. The molecular weight excluding hydrogens is 186 g/mol. The average molecular weight is 209 g/mol. The van der Waals surface area contributed by atoms with Crippen LogP contribution in [0, 0.1) is 5.92 Å². The van der Waals surface area contributed by atoms with Crippen molar-refractivity contribution in [3.05, 3.63) is 0 Å². The van der Waals surface area contributed by atoms with Crippen molar-refractivity contribution in [1.82, 2.24) is 4.90 Å². The van der Waals surface area contributed by atoms with Crippen molar-refractivity contribution in [1.29, 1.82) is 0 Å². The first-order chi connectivity index (χ1) is 7.27. The summed E-state index contributed by atoms with van der Waals surface area (Å²) in [5.74, 6) is 1.30. The Morgan fingerprint density at radius 3 is 2.80 bits per heavy atom. The number of hydrogen-bond acceptors (Lipinski definition) is 2. The SMILES string of the molecule is CC1CCCN(C2CCCCCC2=O)C1. The maximum atomic E-state index is 12.0. The summed E-state index contributed by atoms with van der Waals surface area (Å²) in [4.78, 5) is 14.4. The van der Waals surface area contributed by atoms with Gasteiger partial charge in [0, 0.05) is 13.0 Å². The smallest absolute Gasteiger partial charge is 0.149 e. The van der Waals surface area contributed by atoms with Crippen LogP contribution in [-0.2, 0) is 4.79 Å². The first kappa shape index (κ1) is 11.1. The van der Waals surface area contributed by atoms with Gasteiger partial charge in [0.05, 0.1) is 6.04 Å². The van der Waals surface area contributed by atoms with Crippen LogP contribution in [0.2, 0.25) is 0 Å². The summed E-state index contributed by atoms with van der Waals surface area (Å²) in [6.45, 7) is 4.62. The minimum absolute atomic E-state index is 0.273. The number of rotatable bonds is 1. The van der Waals surface area contributed by atoms with E-state index in [4.69, 9.17) is 0 Å². The van der Waals surface area contributed by atoms with Gasteiger partial charge in [-0.25, -0.2) is 0 Å². The second-order valence-electron chi connectivity index (χ2n) is 5.32. The maximum Gasteiger partial charge on any atom is 0.149 e. The van der Waals surface area contributed by atoms with Crippen LogP contribution in [-0.4, -0.2) is 29.8 Å². The molecule has 2 heteroatoms. The summed E-state index contributed by atoms with van der Waals surface area (Å²) in [5, 5.41) is 0. The Morgan fingerprint density at radius 1 is 1.13 bits per heavy atom. The van der Waals surface area contributed by atoms with Crippen LogP contribution in [0.1, 0.15) is 51.9 Å². The zero-order valence-corrected chi connectivity index (χ0v) is 9.87. The van der Waals surface area contributed by atoms with Gasteiger partial charge in [-0.05, 0) is 38.1 Å². The summed E-state index contributed by atoms with van der Waals surface area (Å²) in [5.41, 5.74) is 0. The summed E-state index contributed by atoms with van der Waals surface area (Å²) in [7, 11) is 0. The minimum Gasteiger partial charge on any atom is -0.298 e. The lowest BCUT2D eigenvalue weighted by Gasteiger charge is -2.36. The van der Waals surface area contributed by atoms with E-state index in [2.05, 4.69) is 11.8 Å². The predicted octanol–water partition coefficient (Wildman–Crippen LogP) is 2.62. The van der Waals surface area contributed by atoms with Gasteiger partial charge in [0.15, 0.2) is 0 Å². The second-order valence-corrected chi connectivity index (χ2v) is 5.32. The van der Waals surface area contributed by atoms with E-state index in [9.17, 15) is 4.79 Å². The van der Waals surface area contributed by atoms with Crippen LogP contribution in [0.3, 0.4) is 0 Å². The second kappa shape index (κ2) is 5.11. The van der Waals surface area contributed by atoms with E-state index < -0.39 is 0 Å². The maximum absolute atomic E-state index is 12.0. The average Bonchev–Trinajstić information content (AvgIpc) is 2.43. The van der Waals surface area contributed by atoms with Crippen LogP contribution in [0.5, 0.6) is 0 Å². The topological polar surface area (TPSA) is 20.3 Å². The van der Waals surface area contributed by atoms with Gasteiger partial charge in [-0.1, -0.05) is 19.8 Å². The molecule has 1 aliphatic heterocycles. The number of Topliss-reactive ketones (excluding diaryl/α,β-unsaturated/α-hetero) is 1. The monoisotopic (exact) mass is 209 g/mol. The number of hydrogen-bond donors (Lipinski definition) is 0. The number of piperidine rings is 1. The van der Waals surface area contributed by atoms with E-state index in [1.807, 2.05) is 0 Å². The third-order valence-corrected chi connectivity index (χ3v) is 3.90. The Labute approximate surface area is 93.0 Å². The first-order valence-electron chi connectivity index (χ1n) is 6.54. The Bertz CT molecular complexity index is 227. The van der Waals surface area contributed by atoms with Crippen molar-refractivity contribution in [3.8, 4) is 0 Å². The van der Waals surface area contributed by atoms with E-state index in [1.54, 1.807) is 0 Å². The van der Waals surface area contributed by atoms with E-state index in [1.165, 1.54) is 25.7 Å². The van der Waals surface area contributed by atoms with Gasteiger partial charge in [-0.2, -0.15) is 0 Å². The highest BCUT2D eigenvalue weighted by molar-refractivity contribution is 5.84. The molecular formula is C13H23NO. The molecule has 1 saturated heterocycles.